The molecule has 1 atom stereocenters. The van der Waals surface area contributed by atoms with Crippen molar-refractivity contribution in [2.45, 2.75) is 25.9 Å². The predicted octanol–water partition coefficient (Wildman–Crippen LogP) is 2.10. The van der Waals surface area contributed by atoms with Crippen LogP contribution in [0.25, 0.3) is 0 Å². The van der Waals surface area contributed by atoms with Crippen molar-refractivity contribution in [3.05, 3.63) is 46.5 Å². The maximum absolute atomic E-state index is 12.2. The Morgan fingerprint density at radius 1 is 1.42 bits per heavy atom. The van der Waals surface area contributed by atoms with E-state index in [4.69, 9.17) is 0 Å². The van der Waals surface area contributed by atoms with Crippen LogP contribution in [0.5, 0.6) is 0 Å². The number of carbonyl (C=O) groups is 1. The van der Waals surface area contributed by atoms with Crippen molar-refractivity contribution >= 4 is 22.4 Å². The number of rotatable bonds is 2. The lowest BCUT2D eigenvalue weighted by atomic mass is 9.95. The Balaban J connectivity index is 1.69. The number of nitrogens with one attached hydrogen (secondary N) is 2. The second-order valence-electron chi connectivity index (χ2n) is 4.67. The van der Waals surface area contributed by atoms with Gasteiger partial charge in [-0.3, -0.25) is 4.79 Å². The molecule has 0 bridgehead atoms. The number of anilines is 1. The zero-order valence-corrected chi connectivity index (χ0v) is 11.5. The van der Waals surface area contributed by atoms with Crippen molar-refractivity contribution in [2.75, 3.05) is 5.32 Å². The van der Waals surface area contributed by atoms with E-state index in [9.17, 15) is 4.79 Å². The van der Waals surface area contributed by atoms with Crippen molar-refractivity contribution in [1.82, 2.24) is 10.3 Å². The Hall–Kier alpha value is -1.72. The largest absolute Gasteiger partial charge is 0.301 e. The smallest absolute Gasteiger partial charge is 0.243 e. The molecule has 5 heteroatoms. The Morgan fingerprint density at radius 3 is 2.95 bits per heavy atom. The fourth-order valence-corrected chi connectivity index (χ4v) is 2.91. The van der Waals surface area contributed by atoms with Gasteiger partial charge in [0.1, 0.15) is 0 Å². The molecule has 19 heavy (non-hydrogen) atoms. The minimum atomic E-state index is -0.181. The summed E-state index contributed by atoms with van der Waals surface area (Å²) in [6.07, 6.45) is 2.50. The Morgan fingerprint density at radius 2 is 2.21 bits per heavy atom. The molecule has 1 aromatic carbocycles. The van der Waals surface area contributed by atoms with Gasteiger partial charge in [-0.15, -0.1) is 11.3 Å². The summed E-state index contributed by atoms with van der Waals surface area (Å²) in [6, 6.07) is 8.05. The van der Waals surface area contributed by atoms with Gasteiger partial charge in [0.25, 0.3) is 0 Å². The number of benzene rings is 1. The first kappa shape index (κ1) is 12.3. The normalized spacial score (nSPS) is 17.8. The van der Waals surface area contributed by atoms with Crippen LogP contribution < -0.4 is 10.6 Å². The quantitative estimate of drug-likeness (QED) is 0.881. The van der Waals surface area contributed by atoms with Crippen molar-refractivity contribution < 1.29 is 4.79 Å². The van der Waals surface area contributed by atoms with Gasteiger partial charge in [0.05, 0.1) is 6.04 Å². The van der Waals surface area contributed by atoms with E-state index in [0.29, 0.717) is 5.13 Å². The van der Waals surface area contributed by atoms with Gasteiger partial charge in [-0.25, -0.2) is 4.98 Å². The van der Waals surface area contributed by atoms with Crippen LogP contribution in [0.4, 0.5) is 5.13 Å². The van der Waals surface area contributed by atoms with Crippen molar-refractivity contribution in [2.24, 2.45) is 0 Å². The number of amides is 1. The first-order valence-corrected chi connectivity index (χ1v) is 7.07. The SMILES string of the molecule is Cc1cnc(NC(=O)C2Cc3ccccc3CN2)s1. The van der Waals surface area contributed by atoms with E-state index in [1.165, 1.54) is 22.5 Å². The first-order valence-electron chi connectivity index (χ1n) is 6.26. The summed E-state index contributed by atoms with van der Waals surface area (Å²) >= 11 is 1.49. The minimum absolute atomic E-state index is 0.0103. The van der Waals surface area contributed by atoms with E-state index in [1.54, 1.807) is 6.20 Å². The molecule has 1 aromatic heterocycles. The molecule has 0 saturated heterocycles. The van der Waals surface area contributed by atoms with E-state index in [-0.39, 0.29) is 11.9 Å². The van der Waals surface area contributed by atoms with E-state index < -0.39 is 0 Å². The lowest BCUT2D eigenvalue weighted by molar-refractivity contribution is -0.118. The molecule has 4 nitrogen and oxygen atoms in total. The molecule has 2 heterocycles. The topological polar surface area (TPSA) is 54.0 Å². The lowest BCUT2D eigenvalue weighted by Crippen LogP contribution is -2.44. The maximum atomic E-state index is 12.2. The van der Waals surface area contributed by atoms with Gasteiger partial charge in [-0.05, 0) is 24.5 Å². The first-order chi connectivity index (χ1) is 9.22. The molecule has 0 saturated carbocycles. The van der Waals surface area contributed by atoms with Crippen molar-refractivity contribution in [1.29, 1.82) is 0 Å². The lowest BCUT2D eigenvalue weighted by Gasteiger charge is -2.24. The molecule has 2 N–H and O–H groups in total. The molecule has 98 valence electrons. The fourth-order valence-electron chi connectivity index (χ4n) is 2.24. The van der Waals surface area contributed by atoms with E-state index in [1.807, 2.05) is 19.1 Å². The summed E-state index contributed by atoms with van der Waals surface area (Å²) in [5.74, 6) is -0.0103. The average molecular weight is 273 g/mol. The number of aromatic nitrogens is 1. The Kier molecular flexibility index (Phi) is 3.31. The van der Waals surface area contributed by atoms with Crippen LogP contribution in [0.15, 0.2) is 30.5 Å². The number of nitrogens with zero attached hydrogens (tertiary/aromatic N) is 1. The highest BCUT2D eigenvalue weighted by atomic mass is 32.1. The molecular weight excluding hydrogens is 258 g/mol. The number of aryl methyl sites for hydroxylation is 1. The number of carbonyl (C=O) groups excluding carboxylic acids is 1. The number of hydrogen-bond acceptors (Lipinski definition) is 4. The zero-order chi connectivity index (χ0) is 13.2. The van der Waals surface area contributed by atoms with Crippen LogP contribution in [0.1, 0.15) is 16.0 Å². The van der Waals surface area contributed by atoms with Crippen LogP contribution in [0.3, 0.4) is 0 Å². The number of thiazole rings is 1. The van der Waals surface area contributed by atoms with Crippen molar-refractivity contribution in [3.8, 4) is 0 Å². The highest BCUT2D eigenvalue weighted by Crippen LogP contribution is 2.19. The predicted molar refractivity (Wildman–Crippen MR) is 76.3 cm³/mol. The third kappa shape index (κ3) is 2.67. The number of fused-ring (bicyclic) bond motifs is 1. The molecule has 0 fully saturated rings. The third-order valence-electron chi connectivity index (χ3n) is 3.25. The van der Waals surface area contributed by atoms with E-state index in [2.05, 4.69) is 27.8 Å². The van der Waals surface area contributed by atoms with Gasteiger partial charge in [-0.1, -0.05) is 24.3 Å². The summed E-state index contributed by atoms with van der Waals surface area (Å²) in [6.45, 7) is 2.72. The minimum Gasteiger partial charge on any atom is -0.301 e. The molecule has 1 aliphatic rings. The molecule has 1 amide bonds. The summed E-state index contributed by atoms with van der Waals surface area (Å²) in [5, 5.41) is 6.81. The monoisotopic (exact) mass is 273 g/mol. The van der Waals surface area contributed by atoms with Gasteiger partial charge in [0.2, 0.25) is 5.91 Å². The standard InChI is InChI=1S/C14H15N3OS/c1-9-7-16-14(19-9)17-13(18)12-6-10-4-2-3-5-11(10)8-15-12/h2-5,7,12,15H,6,8H2,1H3,(H,16,17,18). The molecule has 1 aliphatic heterocycles. The fraction of sp³-hybridized carbons (Fsp3) is 0.286. The zero-order valence-electron chi connectivity index (χ0n) is 10.6. The second kappa shape index (κ2) is 5.11. The van der Waals surface area contributed by atoms with Crippen LogP contribution in [-0.2, 0) is 17.8 Å². The highest BCUT2D eigenvalue weighted by molar-refractivity contribution is 7.15. The molecule has 3 rings (SSSR count). The van der Waals surface area contributed by atoms with Gasteiger partial charge in [0.15, 0.2) is 5.13 Å². The summed E-state index contributed by atoms with van der Waals surface area (Å²) in [7, 11) is 0. The Bertz CT molecular complexity index is 608. The van der Waals surface area contributed by atoms with Crippen LogP contribution in [0, 0.1) is 6.92 Å². The second-order valence-corrected chi connectivity index (χ2v) is 5.91. The summed E-state index contributed by atoms with van der Waals surface area (Å²) in [5.41, 5.74) is 2.52. The highest BCUT2D eigenvalue weighted by Gasteiger charge is 2.24. The van der Waals surface area contributed by atoms with Gasteiger partial charge >= 0.3 is 0 Å². The number of hydrogen-bond donors (Lipinski definition) is 2. The van der Waals surface area contributed by atoms with Crippen LogP contribution in [-0.4, -0.2) is 16.9 Å². The van der Waals surface area contributed by atoms with Gasteiger partial charge in [0, 0.05) is 17.6 Å². The third-order valence-corrected chi connectivity index (χ3v) is 4.08. The molecule has 0 spiro atoms. The Labute approximate surface area is 115 Å². The van der Waals surface area contributed by atoms with E-state index >= 15 is 0 Å². The van der Waals surface area contributed by atoms with Gasteiger partial charge < -0.3 is 10.6 Å². The molecule has 0 radical (unpaired) electrons. The molecule has 1 unspecified atom stereocenters. The maximum Gasteiger partial charge on any atom is 0.243 e. The molecule has 2 aromatic rings. The van der Waals surface area contributed by atoms with Crippen LogP contribution in [0.2, 0.25) is 0 Å². The van der Waals surface area contributed by atoms with Gasteiger partial charge in [-0.2, -0.15) is 0 Å². The van der Waals surface area contributed by atoms with Crippen molar-refractivity contribution in [3.63, 3.8) is 0 Å². The summed E-state index contributed by atoms with van der Waals surface area (Å²) < 4.78 is 0. The summed E-state index contributed by atoms with van der Waals surface area (Å²) in [4.78, 5) is 17.4. The average Bonchev–Trinajstić information content (AvgIpc) is 2.83. The molecule has 0 aliphatic carbocycles. The van der Waals surface area contributed by atoms with Crippen LogP contribution >= 0.6 is 11.3 Å². The molecular formula is C14H15N3OS. The van der Waals surface area contributed by atoms with E-state index in [0.717, 1.165) is 17.8 Å².